The molecular weight excluding hydrogens is 270 g/mol. The van der Waals surface area contributed by atoms with Crippen LogP contribution in [0.5, 0.6) is 0 Å². The molecule has 1 atom stereocenters. The molecule has 1 aliphatic rings. The molecule has 1 saturated carbocycles. The van der Waals surface area contributed by atoms with Crippen LogP contribution in [0.25, 0.3) is 0 Å². The second-order valence-electron chi connectivity index (χ2n) is 5.30. The van der Waals surface area contributed by atoms with E-state index in [2.05, 4.69) is 29.6 Å². The van der Waals surface area contributed by atoms with Crippen LogP contribution in [-0.4, -0.2) is 11.7 Å². The first-order valence-electron chi connectivity index (χ1n) is 6.99. The first kappa shape index (κ1) is 13.5. The zero-order valence-corrected chi connectivity index (χ0v) is 12.0. The summed E-state index contributed by atoms with van der Waals surface area (Å²) in [5.74, 6) is 0.758. The minimum Gasteiger partial charge on any atom is -0.394 e. The average Bonchev–Trinajstić information content (AvgIpc) is 3.31. The molecule has 3 heteroatoms. The predicted molar refractivity (Wildman–Crippen MR) is 83.3 cm³/mol. The molecule has 1 fully saturated rings. The standard InChI is InChI=1S/C17H18ClNO/c18-15-3-1-2-4-16(15)19-17(11-20)14-9-7-13(8-10-14)12-5-6-12/h1-4,7-10,12,17,19-20H,5-6,11H2. The van der Waals surface area contributed by atoms with Gasteiger partial charge in [0.25, 0.3) is 0 Å². The summed E-state index contributed by atoms with van der Waals surface area (Å²) < 4.78 is 0. The highest BCUT2D eigenvalue weighted by Gasteiger charge is 2.23. The maximum absolute atomic E-state index is 9.62. The molecule has 3 rings (SSSR count). The van der Waals surface area contributed by atoms with Crippen molar-refractivity contribution in [2.75, 3.05) is 11.9 Å². The van der Waals surface area contributed by atoms with E-state index in [4.69, 9.17) is 11.6 Å². The summed E-state index contributed by atoms with van der Waals surface area (Å²) in [5, 5.41) is 13.6. The Kier molecular flexibility index (Phi) is 3.95. The molecule has 1 aliphatic carbocycles. The van der Waals surface area contributed by atoms with Gasteiger partial charge in [0.2, 0.25) is 0 Å². The zero-order chi connectivity index (χ0) is 13.9. The van der Waals surface area contributed by atoms with E-state index < -0.39 is 0 Å². The van der Waals surface area contributed by atoms with Gasteiger partial charge in [-0.2, -0.15) is 0 Å². The van der Waals surface area contributed by atoms with Gasteiger partial charge in [-0.1, -0.05) is 48.0 Å². The molecule has 2 aromatic carbocycles. The third kappa shape index (κ3) is 2.97. The molecule has 0 saturated heterocycles. The van der Waals surface area contributed by atoms with Crippen molar-refractivity contribution < 1.29 is 5.11 Å². The summed E-state index contributed by atoms with van der Waals surface area (Å²) in [7, 11) is 0. The smallest absolute Gasteiger partial charge is 0.0745 e. The third-order valence-electron chi connectivity index (χ3n) is 3.77. The van der Waals surface area contributed by atoms with Crippen molar-refractivity contribution in [3.63, 3.8) is 0 Å². The molecular formula is C17H18ClNO. The number of rotatable bonds is 5. The van der Waals surface area contributed by atoms with Crippen LogP contribution in [0.2, 0.25) is 5.02 Å². The van der Waals surface area contributed by atoms with Gasteiger partial charge >= 0.3 is 0 Å². The Morgan fingerprint density at radius 2 is 1.80 bits per heavy atom. The van der Waals surface area contributed by atoms with E-state index in [1.807, 2.05) is 24.3 Å². The van der Waals surface area contributed by atoms with Crippen molar-refractivity contribution >= 4 is 17.3 Å². The molecule has 2 N–H and O–H groups in total. The molecule has 0 radical (unpaired) electrons. The highest BCUT2D eigenvalue weighted by Crippen LogP contribution is 2.40. The van der Waals surface area contributed by atoms with Crippen LogP contribution in [0.15, 0.2) is 48.5 Å². The van der Waals surface area contributed by atoms with Gasteiger partial charge in [-0.05, 0) is 42.0 Å². The van der Waals surface area contributed by atoms with Crippen LogP contribution in [0.3, 0.4) is 0 Å². The minimum atomic E-state index is -0.136. The fourth-order valence-corrected chi connectivity index (χ4v) is 2.61. The SMILES string of the molecule is OCC(Nc1ccccc1Cl)c1ccc(C2CC2)cc1. The Labute approximate surface area is 124 Å². The van der Waals surface area contributed by atoms with Crippen LogP contribution in [0, 0.1) is 0 Å². The molecule has 20 heavy (non-hydrogen) atoms. The number of nitrogens with one attached hydrogen (secondary N) is 1. The molecule has 1 unspecified atom stereocenters. The lowest BCUT2D eigenvalue weighted by molar-refractivity contribution is 0.276. The maximum Gasteiger partial charge on any atom is 0.0745 e. The van der Waals surface area contributed by atoms with E-state index in [0.29, 0.717) is 5.02 Å². The number of hydrogen-bond donors (Lipinski definition) is 2. The number of para-hydroxylation sites is 1. The number of aliphatic hydroxyl groups excluding tert-OH is 1. The van der Waals surface area contributed by atoms with Crippen LogP contribution in [0.4, 0.5) is 5.69 Å². The summed E-state index contributed by atoms with van der Waals surface area (Å²) in [5.41, 5.74) is 3.33. The van der Waals surface area contributed by atoms with E-state index in [9.17, 15) is 5.11 Å². The van der Waals surface area contributed by atoms with E-state index in [-0.39, 0.29) is 12.6 Å². The number of hydrogen-bond acceptors (Lipinski definition) is 2. The van der Waals surface area contributed by atoms with Crippen LogP contribution >= 0.6 is 11.6 Å². The molecule has 0 spiro atoms. The Bertz CT molecular complexity index is 578. The second-order valence-corrected chi connectivity index (χ2v) is 5.71. The number of anilines is 1. The molecule has 104 valence electrons. The van der Waals surface area contributed by atoms with Crippen molar-refractivity contribution in [2.24, 2.45) is 0 Å². The van der Waals surface area contributed by atoms with Gasteiger partial charge in [0.1, 0.15) is 0 Å². The van der Waals surface area contributed by atoms with Gasteiger partial charge in [0.05, 0.1) is 23.4 Å². The van der Waals surface area contributed by atoms with E-state index in [0.717, 1.165) is 17.2 Å². The van der Waals surface area contributed by atoms with Crippen molar-refractivity contribution in [3.8, 4) is 0 Å². The molecule has 0 amide bonds. The Balaban J connectivity index is 1.77. The van der Waals surface area contributed by atoms with Crippen molar-refractivity contribution in [3.05, 3.63) is 64.7 Å². The molecule has 2 nitrogen and oxygen atoms in total. The summed E-state index contributed by atoms with van der Waals surface area (Å²) in [6.07, 6.45) is 2.61. The van der Waals surface area contributed by atoms with Crippen molar-refractivity contribution in [1.82, 2.24) is 0 Å². The first-order chi connectivity index (χ1) is 9.78. The quantitative estimate of drug-likeness (QED) is 0.856. The predicted octanol–water partition coefficient (Wildman–Crippen LogP) is 4.36. The monoisotopic (exact) mass is 287 g/mol. The average molecular weight is 288 g/mol. The summed E-state index contributed by atoms with van der Waals surface area (Å²) in [6, 6.07) is 16.0. The van der Waals surface area contributed by atoms with E-state index in [1.54, 1.807) is 0 Å². The third-order valence-corrected chi connectivity index (χ3v) is 4.10. The lowest BCUT2D eigenvalue weighted by Gasteiger charge is -2.19. The summed E-state index contributed by atoms with van der Waals surface area (Å²) >= 11 is 6.14. The van der Waals surface area contributed by atoms with Gasteiger partial charge in [0.15, 0.2) is 0 Å². The maximum atomic E-state index is 9.62. The van der Waals surface area contributed by atoms with E-state index >= 15 is 0 Å². The number of benzene rings is 2. The highest BCUT2D eigenvalue weighted by molar-refractivity contribution is 6.33. The fourth-order valence-electron chi connectivity index (χ4n) is 2.42. The van der Waals surface area contributed by atoms with Gasteiger partial charge < -0.3 is 10.4 Å². The summed E-state index contributed by atoms with van der Waals surface area (Å²) in [4.78, 5) is 0. The molecule has 0 bridgehead atoms. The van der Waals surface area contributed by atoms with Gasteiger partial charge in [-0.15, -0.1) is 0 Å². The summed E-state index contributed by atoms with van der Waals surface area (Å²) in [6.45, 7) is 0.0357. The van der Waals surface area contributed by atoms with Crippen molar-refractivity contribution in [2.45, 2.75) is 24.8 Å². The highest BCUT2D eigenvalue weighted by atomic mass is 35.5. The minimum absolute atomic E-state index is 0.0357. The Hall–Kier alpha value is -1.51. The number of halogens is 1. The first-order valence-corrected chi connectivity index (χ1v) is 7.37. The van der Waals surface area contributed by atoms with Gasteiger partial charge in [0, 0.05) is 0 Å². The van der Waals surface area contributed by atoms with E-state index in [1.165, 1.54) is 18.4 Å². The molecule has 2 aromatic rings. The van der Waals surface area contributed by atoms with Crippen molar-refractivity contribution in [1.29, 1.82) is 0 Å². The number of aliphatic hydroxyl groups is 1. The van der Waals surface area contributed by atoms with Crippen LogP contribution < -0.4 is 5.32 Å². The Morgan fingerprint density at radius 1 is 1.10 bits per heavy atom. The normalized spacial score (nSPS) is 15.9. The zero-order valence-electron chi connectivity index (χ0n) is 11.2. The lowest BCUT2D eigenvalue weighted by atomic mass is 10.0. The molecule has 0 aromatic heterocycles. The Morgan fingerprint density at radius 3 is 2.40 bits per heavy atom. The molecule has 0 aliphatic heterocycles. The van der Waals surface area contributed by atoms with Gasteiger partial charge in [-0.3, -0.25) is 0 Å². The molecule has 0 heterocycles. The van der Waals surface area contributed by atoms with Gasteiger partial charge in [-0.25, -0.2) is 0 Å². The topological polar surface area (TPSA) is 32.3 Å². The fraction of sp³-hybridized carbons (Fsp3) is 0.294. The lowest BCUT2D eigenvalue weighted by Crippen LogP contribution is -2.15. The van der Waals surface area contributed by atoms with Crippen LogP contribution in [-0.2, 0) is 0 Å². The largest absolute Gasteiger partial charge is 0.394 e. The second kappa shape index (κ2) is 5.86. The van der Waals surface area contributed by atoms with Crippen LogP contribution in [0.1, 0.15) is 35.9 Å².